The number of unbranched alkanes of at least 4 members (excludes halogenated alkanes) is 15. The molecule has 2 aliphatic rings. The molecule has 0 atom stereocenters. The molecule has 414 valence electrons. The summed E-state index contributed by atoms with van der Waals surface area (Å²) in [6.45, 7) is 45.6. The molecule has 9 nitrogen and oxygen atoms in total. The Morgan fingerprint density at radius 3 is 1.20 bits per heavy atom. The summed E-state index contributed by atoms with van der Waals surface area (Å²) in [6, 6.07) is 1.94. The van der Waals surface area contributed by atoms with Crippen molar-refractivity contribution in [1.82, 2.24) is 19.6 Å². The van der Waals surface area contributed by atoms with E-state index in [0.29, 0.717) is 24.2 Å². The zero-order valence-electron chi connectivity index (χ0n) is 51.3. The molecule has 1 saturated heterocycles. The van der Waals surface area contributed by atoms with Gasteiger partial charge in [-0.3, -0.25) is 9.98 Å². The maximum Gasteiger partial charge on any atom is 0.196 e. The fourth-order valence-electron chi connectivity index (χ4n) is 9.84. The van der Waals surface area contributed by atoms with Crippen molar-refractivity contribution in [3.05, 3.63) is 5.36 Å². The molecule has 2 heterocycles. The van der Waals surface area contributed by atoms with Gasteiger partial charge in [-0.2, -0.15) is 0 Å². The SMILES string of the molecule is C1CCC2=NCCCN2CC1.CC(C)N(c1c(N(C(C)C)C(C)C)c1=NC(C)(C)C)C(C)C.CCCCCCCCN(CCCCCCCC)CCCCCCCC.CN(C)C(=NC(C)(C)C)N(C)C. The lowest BCUT2D eigenvalue weighted by atomic mass is 10.1. The second-order valence-corrected chi connectivity index (χ2v) is 24.5. The molecule has 0 N–H and O–H groups in total. The minimum atomic E-state index is -0.0401. The molecule has 0 amide bonds. The number of nitrogens with zero attached hydrogens (tertiary/aromatic N) is 9. The largest absolute Gasteiger partial charge is 0.363 e. The van der Waals surface area contributed by atoms with E-state index in [1.54, 1.807) is 0 Å². The summed E-state index contributed by atoms with van der Waals surface area (Å²) in [7, 11) is 8.02. The van der Waals surface area contributed by atoms with E-state index < -0.39 is 0 Å². The van der Waals surface area contributed by atoms with Gasteiger partial charge in [-0.1, -0.05) is 124 Å². The average molecular weight is 985 g/mol. The normalized spacial score (nSPS) is 14.1. The summed E-state index contributed by atoms with van der Waals surface area (Å²) < 4.78 is 0. The van der Waals surface area contributed by atoms with Crippen LogP contribution in [0.2, 0.25) is 0 Å². The molecule has 0 radical (unpaired) electrons. The molecule has 0 aliphatic carbocycles. The summed E-state index contributed by atoms with van der Waals surface area (Å²) in [4.78, 5) is 28.5. The van der Waals surface area contributed by atoms with Gasteiger partial charge in [0.25, 0.3) is 0 Å². The molecule has 0 unspecified atom stereocenters. The number of amidine groups is 1. The molecule has 3 rings (SSSR count). The van der Waals surface area contributed by atoms with Crippen molar-refractivity contribution >= 4 is 23.2 Å². The Hall–Kier alpha value is -2.29. The monoisotopic (exact) mass is 984 g/mol. The summed E-state index contributed by atoms with van der Waals surface area (Å²) in [5, 5.41) is 1.22. The van der Waals surface area contributed by atoms with Gasteiger partial charge in [0, 0.05) is 78.4 Å². The van der Waals surface area contributed by atoms with Crippen molar-refractivity contribution in [2.24, 2.45) is 15.0 Å². The molecular formula is C61H125N9. The molecule has 2 aliphatic heterocycles. The molecule has 1 aromatic carbocycles. The van der Waals surface area contributed by atoms with Crippen LogP contribution in [-0.4, -0.2) is 134 Å². The lowest BCUT2D eigenvalue weighted by Gasteiger charge is -2.33. The summed E-state index contributed by atoms with van der Waals surface area (Å²) in [5.41, 5.74) is 2.68. The van der Waals surface area contributed by atoms with Crippen molar-refractivity contribution in [2.45, 2.75) is 301 Å². The van der Waals surface area contributed by atoms with E-state index in [9.17, 15) is 0 Å². The Kier molecular flexibility index (Phi) is 37.1. The van der Waals surface area contributed by atoms with Crippen LogP contribution < -0.4 is 15.2 Å². The van der Waals surface area contributed by atoms with E-state index in [1.807, 2.05) is 38.0 Å². The molecule has 0 bridgehead atoms. The third-order valence-corrected chi connectivity index (χ3v) is 13.1. The Morgan fingerprint density at radius 2 is 0.871 bits per heavy atom. The molecule has 0 spiro atoms. The quantitative estimate of drug-likeness (QED) is 0.0497. The standard InChI is InChI=1S/C24H51N.C19H37N3.C9H21N3.C9H16N2/c1-4-7-10-13-16-19-22-25(23-20-17-14-11-8-5-2)24-21-18-15-12-9-6-3;1-12(2)21(13(3)4)17-16(20-19(9,10)11)18(17)22(14(5)6)15(7)8;1-9(2,3)10-8(11(4)5)12(6)7;1-2-5-9-10-6-4-8-11(9)7-3-1/h4-24H2,1-3H3;12-15H,1-11H3;1-7H3;1-8H2. The molecule has 0 saturated carbocycles. The second kappa shape index (κ2) is 38.3. The lowest BCUT2D eigenvalue weighted by molar-refractivity contribution is 0.254. The number of hydrogen-bond acceptors (Lipinski definition) is 7. The van der Waals surface area contributed by atoms with E-state index in [4.69, 9.17) is 4.99 Å². The van der Waals surface area contributed by atoms with Gasteiger partial charge in [-0.05, 0) is 155 Å². The van der Waals surface area contributed by atoms with Gasteiger partial charge in [0.15, 0.2) is 5.96 Å². The van der Waals surface area contributed by atoms with Crippen LogP contribution in [0.25, 0.3) is 0 Å². The minimum Gasteiger partial charge on any atom is -0.363 e. The van der Waals surface area contributed by atoms with Gasteiger partial charge in [0.2, 0.25) is 0 Å². The van der Waals surface area contributed by atoms with Crippen molar-refractivity contribution in [3.63, 3.8) is 0 Å². The number of fused-ring (bicyclic) bond motifs is 1. The van der Waals surface area contributed by atoms with Crippen molar-refractivity contribution < 1.29 is 0 Å². The Labute approximate surface area is 439 Å². The maximum atomic E-state index is 5.01. The fourth-order valence-corrected chi connectivity index (χ4v) is 9.84. The first-order valence-electron chi connectivity index (χ1n) is 29.8. The molecule has 0 aromatic heterocycles. The van der Waals surface area contributed by atoms with Gasteiger partial charge in [-0.25, -0.2) is 4.99 Å². The highest BCUT2D eigenvalue weighted by Crippen LogP contribution is 2.38. The van der Waals surface area contributed by atoms with Crippen LogP contribution in [0.3, 0.4) is 0 Å². The topological polar surface area (TPSA) is 56.5 Å². The maximum absolute atomic E-state index is 5.01. The Balaban J connectivity index is 0.000000955. The number of rotatable bonds is 27. The van der Waals surface area contributed by atoms with Gasteiger partial charge in [-0.15, -0.1) is 0 Å². The van der Waals surface area contributed by atoms with Gasteiger partial charge in [0.1, 0.15) is 5.36 Å². The third kappa shape index (κ3) is 32.0. The minimum absolute atomic E-state index is 0.0100. The highest BCUT2D eigenvalue weighted by Gasteiger charge is 2.35. The van der Waals surface area contributed by atoms with Crippen molar-refractivity contribution in [3.8, 4) is 0 Å². The van der Waals surface area contributed by atoms with E-state index in [-0.39, 0.29) is 11.1 Å². The highest BCUT2D eigenvalue weighted by molar-refractivity contribution is 5.86. The van der Waals surface area contributed by atoms with E-state index in [0.717, 1.165) is 12.5 Å². The molecule has 70 heavy (non-hydrogen) atoms. The number of anilines is 2. The highest BCUT2D eigenvalue weighted by atomic mass is 15.3. The van der Waals surface area contributed by atoms with Gasteiger partial charge in [0.05, 0.1) is 28.3 Å². The predicted octanol–water partition coefficient (Wildman–Crippen LogP) is 15.8. The van der Waals surface area contributed by atoms with Crippen LogP contribution in [0, 0.1) is 0 Å². The molecule has 1 aromatic rings. The zero-order chi connectivity index (χ0) is 53.3. The third-order valence-electron chi connectivity index (χ3n) is 13.1. The van der Waals surface area contributed by atoms with Gasteiger partial charge >= 0.3 is 0 Å². The van der Waals surface area contributed by atoms with Gasteiger partial charge < -0.3 is 29.4 Å². The van der Waals surface area contributed by atoms with Crippen LogP contribution in [-0.2, 0) is 0 Å². The van der Waals surface area contributed by atoms with Crippen LogP contribution >= 0.6 is 0 Å². The first-order chi connectivity index (χ1) is 32.9. The average Bonchev–Trinajstić information content (AvgIpc) is 3.98. The van der Waals surface area contributed by atoms with E-state index >= 15 is 0 Å². The number of guanidine groups is 1. The van der Waals surface area contributed by atoms with Crippen LogP contribution in [0.5, 0.6) is 0 Å². The first kappa shape index (κ1) is 67.7. The number of hydrogen-bond donors (Lipinski definition) is 0. The molecule has 9 heteroatoms. The Bertz CT molecular complexity index is 1360. The predicted molar refractivity (Wildman–Crippen MR) is 318 cm³/mol. The summed E-state index contributed by atoms with van der Waals surface area (Å²) in [6.07, 6.45) is 32.3. The summed E-state index contributed by atoms with van der Waals surface area (Å²) >= 11 is 0. The summed E-state index contributed by atoms with van der Waals surface area (Å²) in [5.74, 6) is 2.40. The van der Waals surface area contributed by atoms with Crippen LogP contribution in [0.4, 0.5) is 11.4 Å². The van der Waals surface area contributed by atoms with E-state index in [2.05, 4.69) is 147 Å². The second-order valence-electron chi connectivity index (χ2n) is 24.5. The lowest BCUT2D eigenvalue weighted by Crippen LogP contribution is -2.38. The molecular weight excluding hydrogens is 859 g/mol. The zero-order valence-corrected chi connectivity index (χ0v) is 51.3. The Morgan fingerprint density at radius 1 is 0.500 bits per heavy atom. The number of aliphatic imine (C=N–C) groups is 2. The van der Waals surface area contributed by atoms with Crippen LogP contribution in [0.1, 0.15) is 265 Å². The van der Waals surface area contributed by atoms with E-state index in [1.165, 1.54) is 203 Å². The fraction of sp³-hybridized carbons (Fsp3) is 0.918. The smallest absolute Gasteiger partial charge is 0.196 e. The van der Waals surface area contributed by atoms with Crippen LogP contribution in [0.15, 0.2) is 15.0 Å². The van der Waals surface area contributed by atoms with Crippen molar-refractivity contribution in [1.29, 1.82) is 0 Å². The van der Waals surface area contributed by atoms with Crippen molar-refractivity contribution in [2.75, 3.05) is 77.3 Å². The molecule has 1 fully saturated rings. The first-order valence-corrected chi connectivity index (χ1v) is 29.8.